The van der Waals surface area contributed by atoms with Crippen molar-refractivity contribution in [2.24, 2.45) is 0 Å². The van der Waals surface area contributed by atoms with Gasteiger partial charge in [0.15, 0.2) is 5.16 Å². The number of benzene rings is 1. The molecule has 7 heteroatoms. The van der Waals surface area contributed by atoms with Crippen LogP contribution in [0.4, 0.5) is 5.95 Å². The molecule has 6 nitrogen and oxygen atoms in total. The summed E-state index contributed by atoms with van der Waals surface area (Å²) in [7, 11) is 1.78. The highest BCUT2D eigenvalue weighted by molar-refractivity contribution is 7.99. The molecule has 3 rings (SSSR count). The third-order valence-electron chi connectivity index (χ3n) is 2.83. The second-order valence-corrected chi connectivity index (χ2v) is 5.32. The summed E-state index contributed by atoms with van der Waals surface area (Å²) in [5.41, 5.74) is 1.19. The van der Waals surface area contributed by atoms with E-state index in [0.717, 1.165) is 4.90 Å². The molecule has 106 valence electrons. The van der Waals surface area contributed by atoms with E-state index in [1.54, 1.807) is 24.1 Å². The Morgan fingerprint density at radius 1 is 1.10 bits per heavy atom. The van der Waals surface area contributed by atoms with Crippen LogP contribution >= 0.6 is 11.8 Å². The fourth-order valence-electron chi connectivity index (χ4n) is 1.76. The topological polar surface area (TPSA) is 68.5 Å². The lowest BCUT2D eigenvalue weighted by Gasteiger charge is -2.07. The SMILES string of the molecule is CNc1nc(Sc2ccccc2C)nc(-n2cccn2)n1. The zero-order valence-corrected chi connectivity index (χ0v) is 12.5. The first-order valence-electron chi connectivity index (χ1n) is 6.43. The third kappa shape index (κ3) is 3.03. The predicted octanol–water partition coefficient (Wildman–Crippen LogP) is 2.56. The number of rotatable bonds is 4. The van der Waals surface area contributed by atoms with Gasteiger partial charge in [0.1, 0.15) is 0 Å². The van der Waals surface area contributed by atoms with Crippen LogP contribution in [-0.2, 0) is 0 Å². The highest BCUT2D eigenvalue weighted by Crippen LogP contribution is 2.28. The van der Waals surface area contributed by atoms with Gasteiger partial charge < -0.3 is 5.32 Å². The lowest BCUT2D eigenvalue weighted by Crippen LogP contribution is -2.07. The average molecular weight is 298 g/mol. The molecule has 1 aromatic carbocycles. The summed E-state index contributed by atoms with van der Waals surface area (Å²) in [4.78, 5) is 14.3. The molecule has 0 aliphatic rings. The van der Waals surface area contributed by atoms with E-state index in [9.17, 15) is 0 Å². The third-order valence-corrected chi connectivity index (χ3v) is 3.87. The van der Waals surface area contributed by atoms with Gasteiger partial charge in [-0.2, -0.15) is 20.1 Å². The summed E-state index contributed by atoms with van der Waals surface area (Å²) in [5, 5.41) is 7.74. The van der Waals surface area contributed by atoms with E-state index in [0.29, 0.717) is 17.1 Å². The molecule has 0 fully saturated rings. The minimum absolute atomic E-state index is 0.496. The zero-order valence-electron chi connectivity index (χ0n) is 11.7. The minimum Gasteiger partial charge on any atom is -0.357 e. The number of nitrogens with zero attached hydrogens (tertiary/aromatic N) is 5. The van der Waals surface area contributed by atoms with Crippen molar-refractivity contribution in [2.75, 3.05) is 12.4 Å². The molecule has 0 spiro atoms. The van der Waals surface area contributed by atoms with Crippen LogP contribution in [0.2, 0.25) is 0 Å². The van der Waals surface area contributed by atoms with Gasteiger partial charge in [0.2, 0.25) is 5.95 Å². The van der Waals surface area contributed by atoms with Gasteiger partial charge in [-0.15, -0.1) is 0 Å². The van der Waals surface area contributed by atoms with Crippen LogP contribution < -0.4 is 5.32 Å². The van der Waals surface area contributed by atoms with Crippen LogP contribution in [0.1, 0.15) is 5.56 Å². The van der Waals surface area contributed by atoms with Gasteiger partial charge in [0.05, 0.1) is 0 Å². The van der Waals surface area contributed by atoms with Crippen LogP contribution in [0.5, 0.6) is 0 Å². The van der Waals surface area contributed by atoms with Crippen molar-refractivity contribution in [1.82, 2.24) is 24.7 Å². The standard InChI is InChI=1S/C14H14N6S/c1-10-6-3-4-7-11(10)21-14-18-12(15-2)17-13(19-14)20-9-5-8-16-20/h3-9H,1-2H3,(H,15,17,18,19). The van der Waals surface area contributed by atoms with Crippen LogP contribution in [0.15, 0.2) is 52.8 Å². The Kier molecular flexibility index (Phi) is 3.83. The highest BCUT2D eigenvalue weighted by atomic mass is 32.2. The molecule has 0 atom stereocenters. The second kappa shape index (κ2) is 5.92. The van der Waals surface area contributed by atoms with E-state index in [2.05, 4.69) is 44.4 Å². The number of anilines is 1. The van der Waals surface area contributed by atoms with Gasteiger partial charge in [0, 0.05) is 24.3 Å². The van der Waals surface area contributed by atoms with E-state index in [-0.39, 0.29) is 0 Å². The Balaban J connectivity index is 1.99. The first kappa shape index (κ1) is 13.6. The predicted molar refractivity (Wildman–Crippen MR) is 81.8 cm³/mol. The molecule has 0 saturated heterocycles. The highest BCUT2D eigenvalue weighted by Gasteiger charge is 2.10. The maximum Gasteiger partial charge on any atom is 0.256 e. The van der Waals surface area contributed by atoms with Crippen molar-refractivity contribution in [3.05, 3.63) is 48.3 Å². The normalized spacial score (nSPS) is 10.6. The quantitative estimate of drug-likeness (QED) is 0.798. The Labute approximate surface area is 126 Å². The molecular formula is C14H14N6S. The monoisotopic (exact) mass is 298 g/mol. The van der Waals surface area contributed by atoms with Gasteiger partial charge in [0.25, 0.3) is 5.95 Å². The molecule has 0 saturated carbocycles. The maximum absolute atomic E-state index is 4.46. The van der Waals surface area contributed by atoms with Crippen molar-refractivity contribution in [3.63, 3.8) is 0 Å². The van der Waals surface area contributed by atoms with Crippen molar-refractivity contribution in [2.45, 2.75) is 17.0 Å². The molecule has 0 aliphatic carbocycles. The molecule has 1 N–H and O–H groups in total. The van der Waals surface area contributed by atoms with Gasteiger partial charge >= 0.3 is 0 Å². The number of nitrogens with one attached hydrogen (secondary N) is 1. The van der Waals surface area contributed by atoms with Gasteiger partial charge in [-0.25, -0.2) is 4.68 Å². The fraction of sp³-hybridized carbons (Fsp3) is 0.143. The summed E-state index contributed by atoms with van der Waals surface area (Å²) in [5.74, 6) is 1.02. The van der Waals surface area contributed by atoms with Crippen molar-refractivity contribution in [1.29, 1.82) is 0 Å². The number of aromatic nitrogens is 5. The molecular weight excluding hydrogens is 284 g/mol. The zero-order chi connectivity index (χ0) is 14.7. The maximum atomic E-state index is 4.46. The fourth-order valence-corrected chi connectivity index (χ4v) is 2.59. The Hall–Kier alpha value is -2.41. The Morgan fingerprint density at radius 3 is 2.67 bits per heavy atom. The van der Waals surface area contributed by atoms with Crippen LogP contribution in [0, 0.1) is 6.92 Å². The molecule has 0 bridgehead atoms. The van der Waals surface area contributed by atoms with E-state index in [1.807, 2.05) is 18.2 Å². The molecule has 2 heterocycles. The second-order valence-electron chi connectivity index (χ2n) is 4.31. The Bertz CT molecular complexity index is 741. The summed E-state index contributed by atoms with van der Waals surface area (Å²) < 4.78 is 1.62. The minimum atomic E-state index is 0.496. The number of hydrogen-bond donors (Lipinski definition) is 1. The van der Waals surface area contributed by atoms with Crippen molar-refractivity contribution in [3.8, 4) is 5.95 Å². The molecule has 0 unspecified atom stereocenters. The van der Waals surface area contributed by atoms with E-state index in [1.165, 1.54) is 17.3 Å². The number of aryl methyl sites for hydroxylation is 1. The smallest absolute Gasteiger partial charge is 0.256 e. The molecule has 21 heavy (non-hydrogen) atoms. The average Bonchev–Trinajstić information content (AvgIpc) is 3.04. The van der Waals surface area contributed by atoms with E-state index < -0.39 is 0 Å². The summed E-state index contributed by atoms with van der Waals surface area (Å²) in [6.45, 7) is 2.07. The van der Waals surface area contributed by atoms with Crippen molar-refractivity contribution >= 4 is 17.7 Å². The van der Waals surface area contributed by atoms with Gasteiger partial charge in [-0.3, -0.25) is 0 Å². The van der Waals surface area contributed by atoms with E-state index in [4.69, 9.17) is 0 Å². The first-order valence-corrected chi connectivity index (χ1v) is 7.25. The lowest BCUT2D eigenvalue weighted by molar-refractivity contribution is 0.762. The number of hydrogen-bond acceptors (Lipinski definition) is 6. The first-order chi connectivity index (χ1) is 10.3. The molecule has 0 aliphatic heterocycles. The molecule has 0 amide bonds. The van der Waals surface area contributed by atoms with Crippen LogP contribution in [-0.4, -0.2) is 31.8 Å². The van der Waals surface area contributed by atoms with Gasteiger partial charge in [-0.1, -0.05) is 18.2 Å². The summed E-state index contributed by atoms with van der Waals surface area (Å²) in [6, 6.07) is 9.97. The van der Waals surface area contributed by atoms with Crippen molar-refractivity contribution < 1.29 is 0 Å². The van der Waals surface area contributed by atoms with Gasteiger partial charge in [-0.05, 0) is 36.4 Å². The summed E-state index contributed by atoms with van der Waals surface area (Å²) in [6.07, 6.45) is 3.49. The Morgan fingerprint density at radius 2 is 1.95 bits per heavy atom. The molecule has 3 aromatic rings. The van der Waals surface area contributed by atoms with Crippen LogP contribution in [0.3, 0.4) is 0 Å². The molecule has 0 radical (unpaired) electrons. The lowest BCUT2D eigenvalue weighted by atomic mass is 10.2. The van der Waals surface area contributed by atoms with Crippen LogP contribution in [0.25, 0.3) is 5.95 Å². The molecule has 2 aromatic heterocycles. The summed E-state index contributed by atoms with van der Waals surface area (Å²) >= 11 is 1.51. The largest absolute Gasteiger partial charge is 0.357 e. The van der Waals surface area contributed by atoms with E-state index >= 15 is 0 Å².